The maximum atomic E-state index is 11.9. The minimum atomic E-state index is 0.133. The number of benzene rings is 2. The SMILES string of the molecule is Cc1cc(C)cc(CC(=O)/C=C/c2ccccc2)c1. The van der Waals surface area contributed by atoms with E-state index in [1.54, 1.807) is 6.08 Å². The molecule has 0 aliphatic rings. The fourth-order valence-electron chi connectivity index (χ4n) is 2.18. The van der Waals surface area contributed by atoms with E-state index in [4.69, 9.17) is 0 Å². The molecule has 0 bridgehead atoms. The number of carbonyl (C=O) groups is 1. The monoisotopic (exact) mass is 250 g/mol. The van der Waals surface area contributed by atoms with Crippen LogP contribution in [0.2, 0.25) is 0 Å². The largest absolute Gasteiger partial charge is 0.294 e. The number of allylic oxidation sites excluding steroid dienone is 1. The molecule has 0 unspecified atom stereocenters. The van der Waals surface area contributed by atoms with Crippen LogP contribution in [0.4, 0.5) is 0 Å². The van der Waals surface area contributed by atoms with Gasteiger partial charge >= 0.3 is 0 Å². The Kier molecular flexibility index (Phi) is 4.30. The number of aryl methyl sites for hydroxylation is 2. The number of rotatable bonds is 4. The third-order valence-electron chi connectivity index (χ3n) is 2.92. The van der Waals surface area contributed by atoms with Gasteiger partial charge in [0.15, 0.2) is 5.78 Å². The predicted molar refractivity (Wildman–Crippen MR) is 80.1 cm³/mol. The first-order chi connectivity index (χ1) is 9.13. The quantitative estimate of drug-likeness (QED) is 0.746. The topological polar surface area (TPSA) is 17.1 Å². The molecule has 2 aromatic rings. The molecule has 0 amide bonds. The minimum absolute atomic E-state index is 0.133. The zero-order valence-electron chi connectivity index (χ0n) is 11.4. The van der Waals surface area contributed by atoms with Crippen molar-refractivity contribution in [2.75, 3.05) is 0 Å². The van der Waals surface area contributed by atoms with Crippen LogP contribution in [0, 0.1) is 13.8 Å². The van der Waals surface area contributed by atoms with Crippen molar-refractivity contribution in [2.24, 2.45) is 0 Å². The first-order valence-corrected chi connectivity index (χ1v) is 6.46. The molecule has 0 spiro atoms. The zero-order chi connectivity index (χ0) is 13.7. The molecule has 1 heteroatoms. The molecule has 0 radical (unpaired) electrons. The zero-order valence-corrected chi connectivity index (χ0v) is 11.4. The highest BCUT2D eigenvalue weighted by atomic mass is 16.1. The average Bonchev–Trinajstić information content (AvgIpc) is 2.36. The van der Waals surface area contributed by atoms with E-state index >= 15 is 0 Å². The second kappa shape index (κ2) is 6.14. The van der Waals surface area contributed by atoms with E-state index in [-0.39, 0.29) is 5.78 Å². The van der Waals surface area contributed by atoms with E-state index in [9.17, 15) is 4.79 Å². The van der Waals surface area contributed by atoms with Crippen molar-refractivity contribution in [2.45, 2.75) is 20.3 Å². The number of hydrogen-bond donors (Lipinski definition) is 0. The summed E-state index contributed by atoms with van der Waals surface area (Å²) < 4.78 is 0. The molecule has 0 heterocycles. The second-order valence-electron chi connectivity index (χ2n) is 4.88. The summed E-state index contributed by atoms with van der Waals surface area (Å²) in [5.74, 6) is 0.133. The average molecular weight is 250 g/mol. The van der Waals surface area contributed by atoms with E-state index in [0.29, 0.717) is 6.42 Å². The van der Waals surface area contributed by atoms with Crippen molar-refractivity contribution in [1.29, 1.82) is 0 Å². The Morgan fingerprint density at radius 3 is 2.26 bits per heavy atom. The Bertz CT molecular complexity index is 574. The summed E-state index contributed by atoms with van der Waals surface area (Å²) in [6.45, 7) is 4.11. The van der Waals surface area contributed by atoms with E-state index in [2.05, 4.69) is 32.0 Å². The third kappa shape index (κ3) is 4.22. The summed E-state index contributed by atoms with van der Waals surface area (Å²) in [6, 6.07) is 16.1. The van der Waals surface area contributed by atoms with Crippen LogP contribution in [-0.4, -0.2) is 5.78 Å². The normalized spacial score (nSPS) is 10.8. The van der Waals surface area contributed by atoms with Gasteiger partial charge in [-0.25, -0.2) is 0 Å². The lowest BCUT2D eigenvalue weighted by Gasteiger charge is -2.02. The van der Waals surface area contributed by atoms with Crippen LogP contribution in [-0.2, 0) is 11.2 Å². The summed E-state index contributed by atoms with van der Waals surface area (Å²) in [5.41, 5.74) is 4.54. The Morgan fingerprint density at radius 2 is 1.63 bits per heavy atom. The lowest BCUT2D eigenvalue weighted by Crippen LogP contribution is -1.99. The van der Waals surface area contributed by atoms with Gasteiger partial charge < -0.3 is 0 Å². The highest BCUT2D eigenvalue weighted by Crippen LogP contribution is 2.10. The molecule has 0 saturated heterocycles. The molecule has 96 valence electrons. The van der Waals surface area contributed by atoms with Gasteiger partial charge in [-0.05, 0) is 31.1 Å². The summed E-state index contributed by atoms with van der Waals surface area (Å²) in [4.78, 5) is 11.9. The van der Waals surface area contributed by atoms with Crippen molar-refractivity contribution in [3.8, 4) is 0 Å². The molecule has 2 aromatic carbocycles. The van der Waals surface area contributed by atoms with Gasteiger partial charge in [-0.1, -0.05) is 65.7 Å². The molecule has 1 nitrogen and oxygen atoms in total. The molecule has 0 aliphatic heterocycles. The second-order valence-corrected chi connectivity index (χ2v) is 4.88. The van der Waals surface area contributed by atoms with Crippen molar-refractivity contribution in [1.82, 2.24) is 0 Å². The van der Waals surface area contributed by atoms with Crippen molar-refractivity contribution in [3.05, 3.63) is 76.9 Å². The molecule has 2 rings (SSSR count). The van der Waals surface area contributed by atoms with Crippen LogP contribution < -0.4 is 0 Å². The minimum Gasteiger partial charge on any atom is -0.294 e. The Labute approximate surface area is 114 Å². The fraction of sp³-hybridized carbons (Fsp3) is 0.167. The van der Waals surface area contributed by atoms with E-state index in [1.807, 2.05) is 36.4 Å². The highest BCUT2D eigenvalue weighted by molar-refractivity contribution is 5.95. The summed E-state index contributed by atoms with van der Waals surface area (Å²) in [7, 11) is 0. The Balaban J connectivity index is 2.03. The van der Waals surface area contributed by atoms with Gasteiger partial charge in [0, 0.05) is 6.42 Å². The lowest BCUT2D eigenvalue weighted by atomic mass is 10.0. The number of hydrogen-bond acceptors (Lipinski definition) is 1. The van der Waals surface area contributed by atoms with Crippen molar-refractivity contribution < 1.29 is 4.79 Å². The molecule has 19 heavy (non-hydrogen) atoms. The molecular weight excluding hydrogens is 232 g/mol. The van der Waals surface area contributed by atoms with Gasteiger partial charge in [-0.3, -0.25) is 4.79 Å². The number of carbonyl (C=O) groups excluding carboxylic acids is 1. The smallest absolute Gasteiger partial charge is 0.160 e. The summed E-state index contributed by atoms with van der Waals surface area (Å²) in [6.07, 6.45) is 3.99. The van der Waals surface area contributed by atoms with Gasteiger partial charge in [0.05, 0.1) is 0 Å². The summed E-state index contributed by atoms with van der Waals surface area (Å²) >= 11 is 0. The molecule has 0 aliphatic carbocycles. The van der Waals surface area contributed by atoms with Crippen molar-refractivity contribution in [3.63, 3.8) is 0 Å². The summed E-state index contributed by atoms with van der Waals surface area (Å²) in [5, 5.41) is 0. The van der Waals surface area contributed by atoms with Gasteiger partial charge in [-0.15, -0.1) is 0 Å². The molecule has 0 N–H and O–H groups in total. The van der Waals surface area contributed by atoms with Crippen LogP contribution in [0.15, 0.2) is 54.6 Å². The van der Waals surface area contributed by atoms with Gasteiger partial charge in [-0.2, -0.15) is 0 Å². The number of ketones is 1. The van der Waals surface area contributed by atoms with Gasteiger partial charge in [0.2, 0.25) is 0 Å². The van der Waals surface area contributed by atoms with Crippen LogP contribution >= 0.6 is 0 Å². The molecule has 0 saturated carbocycles. The maximum absolute atomic E-state index is 11.9. The molecule has 0 fully saturated rings. The van der Waals surface area contributed by atoms with E-state index in [1.165, 1.54) is 11.1 Å². The fourth-order valence-corrected chi connectivity index (χ4v) is 2.18. The lowest BCUT2D eigenvalue weighted by molar-refractivity contribution is -0.113. The van der Waals surface area contributed by atoms with Gasteiger partial charge in [0.25, 0.3) is 0 Å². The highest BCUT2D eigenvalue weighted by Gasteiger charge is 2.01. The Hall–Kier alpha value is -2.15. The standard InChI is InChI=1S/C18H18O/c1-14-10-15(2)12-17(11-14)13-18(19)9-8-16-6-4-3-5-7-16/h3-12H,13H2,1-2H3/b9-8+. The van der Waals surface area contributed by atoms with Crippen LogP contribution in [0.3, 0.4) is 0 Å². The van der Waals surface area contributed by atoms with Crippen LogP contribution in [0.5, 0.6) is 0 Å². The molecule has 0 aromatic heterocycles. The van der Waals surface area contributed by atoms with Gasteiger partial charge in [0.1, 0.15) is 0 Å². The molecular formula is C18H18O. The first kappa shape index (κ1) is 13.3. The van der Waals surface area contributed by atoms with Crippen molar-refractivity contribution >= 4 is 11.9 Å². The van der Waals surface area contributed by atoms with E-state index in [0.717, 1.165) is 11.1 Å². The van der Waals surface area contributed by atoms with E-state index < -0.39 is 0 Å². The molecule has 0 atom stereocenters. The van der Waals surface area contributed by atoms with Crippen LogP contribution in [0.25, 0.3) is 6.08 Å². The Morgan fingerprint density at radius 1 is 1.00 bits per heavy atom. The first-order valence-electron chi connectivity index (χ1n) is 6.46. The third-order valence-corrected chi connectivity index (χ3v) is 2.92. The van der Waals surface area contributed by atoms with Crippen LogP contribution in [0.1, 0.15) is 22.3 Å². The maximum Gasteiger partial charge on any atom is 0.160 e. The predicted octanol–water partition coefficient (Wildman–Crippen LogP) is 4.13.